The molecule has 7 nitrogen and oxygen atoms in total. The van der Waals surface area contributed by atoms with Crippen molar-refractivity contribution in [2.24, 2.45) is 0 Å². The van der Waals surface area contributed by atoms with Crippen molar-refractivity contribution < 1.29 is 9.53 Å². The summed E-state index contributed by atoms with van der Waals surface area (Å²) in [6, 6.07) is 14.5. The summed E-state index contributed by atoms with van der Waals surface area (Å²) in [6.45, 7) is 0.556. The van der Waals surface area contributed by atoms with Gasteiger partial charge in [0.1, 0.15) is 17.3 Å². The van der Waals surface area contributed by atoms with E-state index >= 15 is 0 Å². The summed E-state index contributed by atoms with van der Waals surface area (Å²) in [4.78, 5) is 20.4. The van der Waals surface area contributed by atoms with Crippen LogP contribution in [-0.2, 0) is 6.54 Å². The van der Waals surface area contributed by atoms with Crippen molar-refractivity contribution in [1.82, 2.24) is 9.97 Å². The SMILES string of the molecule is COc1ccc(C(=O)Nc2cccc(CNc3cccnc3N)c2)nc1. The van der Waals surface area contributed by atoms with Gasteiger partial charge in [-0.15, -0.1) is 0 Å². The number of hydrogen-bond acceptors (Lipinski definition) is 6. The van der Waals surface area contributed by atoms with Crippen LogP contribution in [0.5, 0.6) is 5.75 Å². The van der Waals surface area contributed by atoms with Gasteiger partial charge in [0.05, 0.1) is 19.0 Å². The molecule has 0 saturated heterocycles. The van der Waals surface area contributed by atoms with Crippen LogP contribution in [-0.4, -0.2) is 23.0 Å². The summed E-state index contributed by atoms with van der Waals surface area (Å²) in [5, 5.41) is 6.07. The van der Waals surface area contributed by atoms with Crippen LogP contribution in [0.1, 0.15) is 16.1 Å². The zero-order valence-electron chi connectivity index (χ0n) is 14.3. The van der Waals surface area contributed by atoms with Gasteiger partial charge in [-0.1, -0.05) is 12.1 Å². The minimum absolute atomic E-state index is 0.283. The topological polar surface area (TPSA) is 102 Å². The van der Waals surface area contributed by atoms with Crippen molar-refractivity contribution in [3.8, 4) is 5.75 Å². The van der Waals surface area contributed by atoms with E-state index in [1.165, 1.54) is 6.20 Å². The maximum Gasteiger partial charge on any atom is 0.274 e. The first-order chi connectivity index (χ1) is 12.7. The van der Waals surface area contributed by atoms with Crippen LogP contribution in [0.25, 0.3) is 0 Å². The van der Waals surface area contributed by atoms with E-state index in [4.69, 9.17) is 10.5 Å². The van der Waals surface area contributed by atoms with Crippen molar-refractivity contribution in [2.45, 2.75) is 6.54 Å². The third-order valence-corrected chi connectivity index (χ3v) is 3.71. The molecule has 26 heavy (non-hydrogen) atoms. The van der Waals surface area contributed by atoms with Gasteiger partial charge in [0, 0.05) is 18.4 Å². The van der Waals surface area contributed by atoms with Gasteiger partial charge in [-0.3, -0.25) is 4.79 Å². The van der Waals surface area contributed by atoms with E-state index in [9.17, 15) is 4.79 Å². The number of ether oxygens (including phenoxy) is 1. The summed E-state index contributed by atoms with van der Waals surface area (Å²) in [5.41, 5.74) is 8.58. The number of rotatable bonds is 6. The Kier molecular flexibility index (Phi) is 5.28. The number of methoxy groups -OCH3 is 1. The zero-order chi connectivity index (χ0) is 18.4. The molecule has 0 aliphatic carbocycles. The summed E-state index contributed by atoms with van der Waals surface area (Å²) in [7, 11) is 1.55. The fraction of sp³-hybridized carbons (Fsp3) is 0.105. The third-order valence-electron chi connectivity index (χ3n) is 3.71. The molecule has 0 atom stereocenters. The molecule has 7 heteroatoms. The van der Waals surface area contributed by atoms with Crippen molar-refractivity contribution in [3.05, 3.63) is 72.2 Å². The van der Waals surface area contributed by atoms with Gasteiger partial charge in [0.25, 0.3) is 5.91 Å². The van der Waals surface area contributed by atoms with Crippen molar-refractivity contribution in [2.75, 3.05) is 23.5 Å². The summed E-state index contributed by atoms with van der Waals surface area (Å²) in [6.07, 6.45) is 3.15. The third kappa shape index (κ3) is 4.27. The molecule has 2 heterocycles. The van der Waals surface area contributed by atoms with Gasteiger partial charge in [0.15, 0.2) is 0 Å². The molecule has 0 saturated carbocycles. The number of aromatic nitrogens is 2. The molecule has 0 aliphatic heterocycles. The van der Waals surface area contributed by atoms with E-state index in [0.29, 0.717) is 29.5 Å². The lowest BCUT2D eigenvalue weighted by Crippen LogP contribution is -2.13. The highest BCUT2D eigenvalue weighted by atomic mass is 16.5. The molecule has 0 fully saturated rings. The number of carbonyl (C=O) groups excluding carboxylic acids is 1. The molecule has 0 unspecified atom stereocenters. The smallest absolute Gasteiger partial charge is 0.274 e. The zero-order valence-corrected chi connectivity index (χ0v) is 14.3. The van der Waals surface area contributed by atoms with Crippen molar-refractivity contribution >= 4 is 23.1 Å². The molecular weight excluding hydrogens is 330 g/mol. The Bertz CT molecular complexity index is 896. The van der Waals surface area contributed by atoms with Gasteiger partial charge in [0.2, 0.25) is 0 Å². The molecule has 3 aromatic rings. The number of benzene rings is 1. The minimum atomic E-state index is -0.283. The number of hydrogen-bond donors (Lipinski definition) is 3. The number of anilines is 3. The van der Waals surface area contributed by atoms with E-state index in [2.05, 4.69) is 20.6 Å². The number of nitrogens with zero attached hydrogens (tertiary/aromatic N) is 2. The summed E-state index contributed by atoms with van der Waals surface area (Å²) in [5.74, 6) is 0.765. The fourth-order valence-corrected chi connectivity index (χ4v) is 2.35. The van der Waals surface area contributed by atoms with Gasteiger partial charge >= 0.3 is 0 Å². The van der Waals surface area contributed by atoms with E-state index in [0.717, 1.165) is 11.3 Å². The average molecular weight is 349 g/mol. The normalized spacial score (nSPS) is 10.2. The fourth-order valence-electron chi connectivity index (χ4n) is 2.35. The lowest BCUT2D eigenvalue weighted by molar-refractivity contribution is 0.102. The molecular formula is C19H19N5O2. The quantitative estimate of drug-likeness (QED) is 0.632. The van der Waals surface area contributed by atoms with Crippen LogP contribution in [0.3, 0.4) is 0 Å². The summed E-state index contributed by atoms with van der Waals surface area (Å²) < 4.78 is 5.04. The first kappa shape index (κ1) is 17.2. The van der Waals surface area contributed by atoms with Crippen LogP contribution in [0.4, 0.5) is 17.2 Å². The standard InChI is InChI=1S/C19H19N5O2/c1-26-15-7-8-17(23-12-15)19(25)24-14-5-2-4-13(10-14)11-22-16-6-3-9-21-18(16)20/h2-10,12,22H,11H2,1H3,(H2,20,21)(H,24,25). The molecule has 0 spiro atoms. The lowest BCUT2D eigenvalue weighted by atomic mass is 10.2. The molecule has 4 N–H and O–H groups in total. The van der Waals surface area contributed by atoms with Gasteiger partial charge in [-0.05, 0) is 42.0 Å². The second-order valence-corrected chi connectivity index (χ2v) is 5.53. The van der Waals surface area contributed by atoms with E-state index in [1.807, 2.05) is 36.4 Å². The summed E-state index contributed by atoms with van der Waals surface area (Å²) >= 11 is 0. The van der Waals surface area contributed by atoms with Crippen molar-refractivity contribution in [1.29, 1.82) is 0 Å². The Morgan fingerprint density at radius 2 is 2.04 bits per heavy atom. The largest absolute Gasteiger partial charge is 0.495 e. The minimum Gasteiger partial charge on any atom is -0.495 e. The molecule has 1 amide bonds. The van der Waals surface area contributed by atoms with Crippen LogP contribution in [0, 0.1) is 0 Å². The molecule has 0 aliphatic rings. The van der Waals surface area contributed by atoms with E-state index < -0.39 is 0 Å². The highest BCUT2D eigenvalue weighted by molar-refractivity contribution is 6.02. The predicted octanol–water partition coefficient (Wildman–Crippen LogP) is 2.93. The van der Waals surface area contributed by atoms with E-state index in [-0.39, 0.29) is 5.91 Å². The number of pyridine rings is 2. The Labute approximate surface area is 151 Å². The van der Waals surface area contributed by atoms with Gasteiger partial charge in [-0.25, -0.2) is 9.97 Å². The molecule has 1 aromatic carbocycles. The lowest BCUT2D eigenvalue weighted by Gasteiger charge is -2.10. The molecule has 2 aromatic heterocycles. The Morgan fingerprint density at radius 1 is 1.15 bits per heavy atom. The maximum atomic E-state index is 12.3. The number of nitrogens with one attached hydrogen (secondary N) is 2. The Hall–Kier alpha value is -3.61. The second kappa shape index (κ2) is 7.98. The molecule has 0 bridgehead atoms. The molecule has 132 valence electrons. The maximum absolute atomic E-state index is 12.3. The van der Waals surface area contributed by atoms with Gasteiger partial charge < -0.3 is 21.1 Å². The number of amides is 1. The van der Waals surface area contributed by atoms with Crippen LogP contribution in [0.2, 0.25) is 0 Å². The number of carbonyl (C=O) groups is 1. The predicted molar refractivity (Wildman–Crippen MR) is 101 cm³/mol. The Morgan fingerprint density at radius 3 is 2.77 bits per heavy atom. The van der Waals surface area contributed by atoms with Crippen LogP contribution >= 0.6 is 0 Å². The van der Waals surface area contributed by atoms with Gasteiger partial charge in [-0.2, -0.15) is 0 Å². The van der Waals surface area contributed by atoms with Crippen molar-refractivity contribution in [3.63, 3.8) is 0 Å². The average Bonchev–Trinajstić information content (AvgIpc) is 2.68. The molecule has 0 radical (unpaired) electrons. The highest BCUT2D eigenvalue weighted by Gasteiger charge is 2.08. The second-order valence-electron chi connectivity index (χ2n) is 5.53. The number of nitrogen functional groups attached to an aromatic ring is 1. The van der Waals surface area contributed by atoms with Crippen LogP contribution < -0.4 is 21.1 Å². The highest BCUT2D eigenvalue weighted by Crippen LogP contribution is 2.17. The molecule has 3 rings (SSSR count). The Balaban J connectivity index is 1.65. The number of nitrogens with two attached hydrogens (primary N) is 1. The first-order valence-electron chi connectivity index (χ1n) is 8.00. The monoisotopic (exact) mass is 349 g/mol. The van der Waals surface area contributed by atoms with Crippen LogP contribution in [0.15, 0.2) is 60.9 Å². The van der Waals surface area contributed by atoms with E-state index in [1.54, 1.807) is 25.4 Å². The first-order valence-corrected chi connectivity index (χ1v) is 8.00.